The van der Waals surface area contributed by atoms with Crippen LogP contribution in [0.2, 0.25) is 0 Å². The first-order valence-electron chi connectivity index (χ1n) is 9.70. The summed E-state index contributed by atoms with van der Waals surface area (Å²) >= 11 is 0. The van der Waals surface area contributed by atoms with Crippen LogP contribution in [0.15, 0.2) is 103 Å². The third-order valence-electron chi connectivity index (χ3n) is 5.62. The number of fused-ring (bicyclic) bond motifs is 2. The Morgan fingerprint density at radius 3 is 1.83 bits per heavy atom. The number of hydrogen-bond donors (Lipinski definition) is 2. The van der Waals surface area contributed by atoms with Crippen LogP contribution in [0.1, 0.15) is 22.6 Å². The van der Waals surface area contributed by atoms with Crippen molar-refractivity contribution in [2.24, 2.45) is 0 Å². The Labute approximate surface area is 169 Å². The van der Waals surface area contributed by atoms with Gasteiger partial charge in [-0.2, -0.15) is 0 Å². The second kappa shape index (κ2) is 6.99. The summed E-state index contributed by atoms with van der Waals surface area (Å²) in [6, 6.07) is 33.6. The zero-order valence-electron chi connectivity index (χ0n) is 15.8. The minimum absolute atomic E-state index is 0.220. The van der Waals surface area contributed by atoms with Crippen molar-refractivity contribution >= 4 is 21.5 Å². The number of benzene rings is 5. The van der Waals surface area contributed by atoms with Crippen molar-refractivity contribution in [2.75, 3.05) is 0 Å². The average molecular weight is 376 g/mol. The van der Waals surface area contributed by atoms with Crippen molar-refractivity contribution in [1.29, 1.82) is 0 Å². The molecule has 140 valence electrons. The molecule has 0 saturated heterocycles. The molecule has 5 rings (SSSR count). The van der Waals surface area contributed by atoms with Crippen LogP contribution >= 0.6 is 0 Å². The van der Waals surface area contributed by atoms with Crippen LogP contribution in [0.4, 0.5) is 0 Å². The van der Waals surface area contributed by atoms with E-state index in [1.807, 2.05) is 66.7 Å². The third kappa shape index (κ3) is 2.90. The van der Waals surface area contributed by atoms with Gasteiger partial charge in [-0.25, -0.2) is 0 Å². The van der Waals surface area contributed by atoms with Crippen LogP contribution in [0.5, 0.6) is 11.5 Å². The van der Waals surface area contributed by atoms with E-state index in [0.29, 0.717) is 0 Å². The van der Waals surface area contributed by atoms with Gasteiger partial charge in [-0.3, -0.25) is 0 Å². The molecule has 0 saturated carbocycles. The van der Waals surface area contributed by atoms with Crippen LogP contribution in [0, 0.1) is 0 Å². The van der Waals surface area contributed by atoms with Crippen LogP contribution < -0.4 is 0 Å². The standard InChI is InChI=1S/C27H20O2/c28-24-15-6-5-13-23(24)26(22-14-7-10-18-8-1-3-11-20(18)22)27-21-12-4-2-9-19(21)16-17-25(27)29/h1-17,26,28-29H. The minimum atomic E-state index is -0.312. The van der Waals surface area contributed by atoms with Gasteiger partial charge in [-0.05, 0) is 39.2 Å². The summed E-state index contributed by atoms with van der Waals surface area (Å²) in [5.41, 5.74) is 2.63. The van der Waals surface area contributed by atoms with Gasteiger partial charge in [0.2, 0.25) is 0 Å². The molecule has 0 aliphatic heterocycles. The maximum absolute atomic E-state index is 11.0. The zero-order valence-corrected chi connectivity index (χ0v) is 15.8. The number of aromatic hydroxyl groups is 2. The van der Waals surface area contributed by atoms with Crippen molar-refractivity contribution in [1.82, 2.24) is 0 Å². The second-order valence-electron chi connectivity index (χ2n) is 7.28. The van der Waals surface area contributed by atoms with Gasteiger partial charge in [0.25, 0.3) is 0 Å². The molecule has 0 amide bonds. The first kappa shape index (κ1) is 17.3. The highest BCUT2D eigenvalue weighted by atomic mass is 16.3. The summed E-state index contributed by atoms with van der Waals surface area (Å²) in [4.78, 5) is 0. The van der Waals surface area contributed by atoms with E-state index in [-0.39, 0.29) is 17.4 Å². The van der Waals surface area contributed by atoms with Gasteiger partial charge in [-0.1, -0.05) is 91.0 Å². The molecule has 0 spiro atoms. The molecular formula is C27H20O2. The van der Waals surface area contributed by atoms with E-state index in [4.69, 9.17) is 0 Å². The molecule has 0 radical (unpaired) electrons. The molecule has 1 atom stereocenters. The quantitative estimate of drug-likeness (QED) is 0.349. The van der Waals surface area contributed by atoms with Crippen LogP contribution in [-0.4, -0.2) is 10.2 Å². The van der Waals surface area contributed by atoms with Crippen LogP contribution in [0.25, 0.3) is 21.5 Å². The van der Waals surface area contributed by atoms with E-state index in [2.05, 4.69) is 24.3 Å². The molecule has 2 nitrogen and oxygen atoms in total. The van der Waals surface area contributed by atoms with Gasteiger partial charge >= 0.3 is 0 Å². The number of rotatable bonds is 3. The summed E-state index contributed by atoms with van der Waals surface area (Å²) in [5.74, 6) is 0.135. The minimum Gasteiger partial charge on any atom is -0.508 e. The molecule has 2 heteroatoms. The lowest BCUT2D eigenvalue weighted by atomic mass is 9.80. The fraction of sp³-hybridized carbons (Fsp3) is 0.0370. The number of phenols is 2. The highest BCUT2D eigenvalue weighted by molar-refractivity contribution is 5.92. The van der Waals surface area contributed by atoms with Gasteiger partial charge in [0.1, 0.15) is 11.5 Å². The normalized spacial score (nSPS) is 12.3. The van der Waals surface area contributed by atoms with Crippen molar-refractivity contribution in [3.8, 4) is 11.5 Å². The Hall–Kier alpha value is -3.78. The fourth-order valence-electron chi connectivity index (χ4n) is 4.30. The number of para-hydroxylation sites is 1. The van der Waals surface area contributed by atoms with Gasteiger partial charge in [0, 0.05) is 17.0 Å². The molecule has 0 aliphatic carbocycles. The van der Waals surface area contributed by atoms with Gasteiger partial charge in [-0.15, -0.1) is 0 Å². The Bertz CT molecular complexity index is 1330. The predicted molar refractivity (Wildman–Crippen MR) is 119 cm³/mol. The Balaban J connectivity index is 1.91. The highest BCUT2D eigenvalue weighted by Gasteiger charge is 2.26. The maximum Gasteiger partial charge on any atom is 0.120 e. The molecule has 1 unspecified atom stereocenters. The van der Waals surface area contributed by atoms with Crippen molar-refractivity contribution in [2.45, 2.75) is 5.92 Å². The lowest BCUT2D eigenvalue weighted by Gasteiger charge is -2.24. The SMILES string of the molecule is Oc1ccccc1C(c1cccc2ccccc12)c1c(O)ccc2ccccc12. The van der Waals surface area contributed by atoms with E-state index in [9.17, 15) is 10.2 Å². The molecule has 0 fully saturated rings. The smallest absolute Gasteiger partial charge is 0.120 e. The molecule has 0 heterocycles. The van der Waals surface area contributed by atoms with E-state index in [0.717, 1.165) is 38.2 Å². The van der Waals surface area contributed by atoms with E-state index < -0.39 is 0 Å². The van der Waals surface area contributed by atoms with Crippen molar-refractivity contribution < 1.29 is 10.2 Å². The van der Waals surface area contributed by atoms with Gasteiger partial charge in [0.15, 0.2) is 0 Å². The Morgan fingerprint density at radius 1 is 0.448 bits per heavy atom. The summed E-state index contributed by atoms with van der Waals surface area (Å²) < 4.78 is 0. The van der Waals surface area contributed by atoms with Gasteiger partial charge in [0.05, 0.1) is 0 Å². The molecular weight excluding hydrogens is 356 g/mol. The maximum atomic E-state index is 11.0. The lowest BCUT2D eigenvalue weighted by Crippen LogP contribution is -2.06. The Kier molecular flexibility index (Phi) is 4.18. The largest absolute Gasteiger partial charge is 0.508 e. The summed E-state index contributed by atoms with van der Waals surface area (Å²) in [6.07, 6.45) is 0. The average Bonchev–Trinajstić information content (AvgIpc) is 2.76. The van der Waals surface area contributed by atoms with Crippen molar-refractivity contribution in [3.05, 3.63) is 120 Å². The summed E-state index contributed by atoms with van der Waals surface area (Å²) in [5, 5.41) is 26.0. The molecule has 2 N–H and O–H groups in total. The van der Waals surface area contributed by atoms with Crippen LogP contribution in [0.3, 0.4) is 0 Å². The summed E-state index contributed by atoms with van der Waals surface area (Å²) in [6.45, 7) is 0. The van der Waals surface area contributed by atoms with Gasteiger partial charge < -0.3 is 10.2 Å². The molecule has 29 heavy (non-hydrogen) atoms. The number of phenolic OH excluding ortho intramolecular Hbond substituents is 2. The first-order chi connectivity index (χ1) is 14.2. The van der Waals surface area contributed by atoms with E-state index in [1.165, 1.54) is 0 Å². The zero-order chi connectivity index (χ0) is 19.8. The molecule has 0 bridgehead atoms. The lowest BCUT2D eigenvalue weighted by molar-refractivity contribution is 0.460. The van der Waals surface area contributed by atoms with E-state index >= 15 is 0 Å². The molecule has 5 aromatic rings. The topological polar surface area (TPSA) is 40.5 Å². The van der Waals surface area contributed by atoms with Crippen LogP contribution in [-0.2, 0) is 0 Å². The molecule has 0 aliphatic rings. The predicted octanol–water partition coefficient (Wildman–Crippen LogP) is 6.58. The van der Waals surface area contributed by atoms with E-state index in [1.54, 1.807) is 12.1 Å². The van der Waals surface area contributed by atoms with Crippen molar-refractivity contribution in [3.63, 3.8) is 0 Å². The monoisotopic (exact) mass is 376 g/mol. The highest BCUT2D eigenvalue weighted by Crippen LogP contribution is 2.45. The molecule has 5 aromatic carbocycles. The fourth-order valence-corrected chi connectivity index (χ4v) is 4.30. The molecule has 0 aromatic heterocycles. The third-order valence-corrected chi connectivity index (χ3v) is 5.62. The number of hydrogen-bond acceptors (Lipinski definition) is 2. The first-order valence-corrected chi connectivity index (χ1v) is 9.70. The second-order valence-corrected chi connectivity index (χ2v) is 7.28. The summed E-state index contributed by atoms with van der Waals surface area (Å²) in [7, 11) is 0. The Morgan fingerprint density at radius 2 is 1.03 bits per heavy atom.